The smallest absolute Gasteiger partial charge is 0.265 e. The summed E-state index contributed by atoms with van der Waals surface area (Å²) < 4.78 is 54.6. The second kappa shape index (κ2) is 5.72. The highest BCUT2D eigenvalue weighted by Crippen LogP contribution is 2.25. The van der Waals surface area contributed by atoms with Gasteiger partial charge < -0.3 is 0 Å². The zero-order chi connectivity index (χ0) is 14.0. The molecule has 1 heterocycles. The zero-order valence-corrected chi connectivity index (χ0v) is 12.4. The summed E-state index contributed by atoms with van der Waals surface area (Å²) in [4.78, 5) is 0. The Labute approximate surface area is 119 Å². The molecule has 0 atom stereocenters. The van der Waals surface area contributed by atoms with Gasteiger partial charge >= 0.3 is 10.2 Å². The Morgan fingerprint density at radius 3 is 2.16 bits per heavy atom. The summed E-state index contributed by atoms with van der Waals surface area (Å²) in [6.45, 7) is 0.740. The zero-order valence-electron chi connectivity index (χ0n) is 10.00. The fourth-order valence-corrected chi connectivity index (χ4v) is 3.66. The first-order valence-electron chi connectivity index (χ1n) is 5.82. The van der Waals surface area contributed by atoms with Gasteiger partial charge in [0.1, 0.15) is 5.69 Å². The average Bonchev–Trinajstić information content (AvgIpc) is 2.35. The Morgan fingerprint density at radius 1 is 1.11 bits per heavy atom. The molecule has 106 valence electrons. The van der Waals surface area contributed by atoms with E-state index in [1.807, 2.05) is 4.72 Å². The third-order valence-electron chi connectivity index (χ3n) is 2.89. The number of benzene rings is 1. The predicted octanol–water partition coefficient (Wildman–Crippen LogP) is 2.87. The van der Waals surface area contributed by atoms with Crippen LogP contribution in [0.4, 0.5) is 14.5 Å². The topological polar surface area (TPSA) is 49.4 Å². The van der Waals surface area contributed by atoms with Crippen LogP contribution in [0.5, 0.6) is 0 Å². The second-order valence-electron chi connectivity index (χ2n) is 4.31. The number of piperidine rings is 1. The van der Waals surface area contributed by atoms with Gasteiger partial charge in [-0.3, -0.25) is 4.72 Å². The first-order chi connectivity index (χ1) is 8.90. The van der Waals surface area contributed by atoms with Crippen LogP contribution in [0.2, 0.25) is 0 Å². The van der Waals surface area contributed by atoms with Crippen LogP contribution in [-0.4, -0.2) is 25.8 Å². The van der Waals surface area contributed by atoms with E-state index in [0.717, 1.165) is 31.4 Å². The Balaban J connectivity index is 2.25. The molecule has 1 N–H and O–H groups in total. The van der Waals surface area contributed by atoms with E-state index in [4.69, 9.17) is 0 Å². The molecule has 0 aliphatic carbocycles. The number of halogens is 3. The second-order valence-corrected chi connectivity index (χ2v) is 6.90. The Morgan fingerprint density at radius 2 is 1.63 bits per heavy atom. The summed E-state index contributed by atoms with van der Waals surface area (Å²) in [6.07, 6.45) is 2.48. The predicted molar refractivity (Wildman–Crippen MR) is 72.0 cm³/mol. The van der Waals surface area contributed by atoms with Gasteiger partial charge in [-0.25, -0.2) is 8.78 Å². The molecule has 0 spiro atoms. The lowest BCUT2D eigenvalue weighted by Crippen LogP contribution is -2.39. The summed E-state index contributed by atoms with van der Waals surface area (Å²) >= 11 is 2.94. The highest BCUT2D eigenvalue weighted by atomic mass is 79.9. The van der Waals surface area contributed by atoms with Crippen molar-refractivity contribution in [2.24, 2.45) is 0 Å². The molecule has 1 aromatic rings. The highest BCUT2D eigenvalue weighted by Gasteiger charge is 2.26. The van der Waals surface area contributed by atoms with Crippen molar-refractivity contribution in [1.82, 2.24) is 4.31 Å². The first-order valence-corrected chi connectivity index (χ1v) is 8.06. The van der Waals surface area contributed by atoms with Crippen LogP contribution < -0.4 is 4.72 Å². The van der Waals surface area contributed by atoms with Gasteiger partial charge in [0.2, 0.25) is 0 Å². The summed E-state index contributed by atoms with van der Waals surface area (Å²) in [6, 6.07) is 2.02. The highest BCUT2D eigenvalue weighted by molar-refractivity contribution is 9.10. The van der Waals surface area contributed by atoms with E-state index in [1.54, 1.807) is 0 Å². The lowest BCUT2D eigenvalue weighted by atomic mass is 10.2. The molecule has 4 nitrogen and oxygen atoms in total. The maximum Gasteiger partial charge on any atom is 0.301 e. The van der Waals surface area contributed by atoms with Crippen molar-refractivity contribution >= 4 is 31.8 Å². The average molecular weight is 355 g/mol. The molecule has 1 fully saturated rings. The molecule has 1 aliphatic rings. The molecule has 8 heteroatoms. The number of nitrogens with one attached hydrogen (secondary N) is 1. The number of rotatable bonds is 3. The van der Waals surface area contributed by atoms with Gasteiger partial charge in [0.25, 0.3) is 0 Å². The lowest BCUT2D eigenvalue weighted by Gasteiger charge is -2.26. The summed E-state index contributed by atoms with van der Waals surface area (Å²) in [5, 5.41) is 0. The van der Waals surface area contributed by atoms with Crippen molar-refractivity contribution in [2.45, 2.75) is 19.3 Å². The molecule has 1 saturated heterocycles. The minimum absolute atomic E-state index is 0.212. The van der Waals surface area contributed by atoms with Crippen molar-refractivity contribution < 1.29 is 17.2 Å². The van der Waals surface area contributed by atoms with E-state index in [2.05, 4.69) is 15.9 Å². The van der Waals surface area contributed by atoms with Crippen molar-refractivity contribution in [1.29, 1.82) is 0 Å². The minimum atomic E-state index is -3.91. The SMILES string of the molecule is O=S(=O)(Nc1c(F)cc(Br)cc1F)N1CCCCC1. The van der Waals surface area contributed by atoms with Gasteiger partial charge in [0, 0.05) is 17.6 Å². The monoisotopic (exact) mass is 354 g/mol. The maximum atomic E-state index is 13.6. The molecular weight excluding hydrogens is 342 g/mol. The molecule has 0 saturated carbocycles. The number of hydrogen-bond acceptors (Lipinski definition) is 2. The van der Waals surface area contributed by atoms with Gasteiger partial charge in [-0.2, -0.15) is 12.7 Å². The van der Waals surface area contributed by atoms with Crippen LogP contribution in [0.3, 0.4) is 0 Å². The van der Waals surface area contributed by atoms with E-state index in [1.165, 1.54) is 4.31 Å². The van der Waals surface area contributed by atoms with Crippen LogP contribution in [0, 0.1) is 11.6 Å². The third kappa shape index (κ3) is 3.43. The van der Waals surface area contributed by atoms with Crippen LogP contribution >= 0.6 is 15.9 Å². The van der Waals surface area contributed by atoms with E-state index < -0.39 is 27.5 Å². The lowest BCUT2D eigenvalue weighted by molar-refractivity contribution is 0.348. The standard InChI is InChI=1S/C11H13BrF2N2O2S/c12-8-6-9(13)11(10(14)7-8)15-19(17,18)16-4-2-1-3-5-16/h6-7,15H,1-5H2. The van der Waals surface area contributed by atoms with E-state index in [-0.39, 0.29) is 4.47 Å². The summed E-state index contributed by atoms with van der Waals surface area (Å²) in [5.74, 6) is -1.90. The van der Waals surface area contributed by atoms with Gasteiger partial charge in [-0.05, 0) is 25.0 Å². The van der Waals surface area contributed by atoms with Crippen molar-refractivity contribution in [3.8, 4) is 0 Å². The van der Waals surface area contributed by atoms with Gasteiger partial charge in [0.15, 0.2) is 11.6 Å². The number of nitrogens with zero attached hydrogens (tertiary/aromatic N) is 1. The Hall–Kier alpha value is -0.730. The van der Waals surface area contributed by atoms with E-state index in [0.29, 0.717) is 13.1 Å². The molecule has 0 amide bonds. The number of anilines is 1. The molecular formula is C11H13BrF2N2O2S. The molecule has 2 rings (SSSR count). The molecule has 1 aliphatic heterocycles. The molecule has 0 unspecified atom stereocenters. The normalized spacial score (nSPS) is 17.4. The summed E-state index contributed by atoms with van der Waals surface area (Å²) in [7, 11) is -3.91. The van der Waals surface area contributed by atoms with Crippen LogP contribution in [-0.2, 0) is 10.2 Å². The van der Waals surface area contributed by atoms with E-state index in [9.17, 15) is 17.2 Å². The van der Waals surface area contributed by atoms with Crippen molar-refractivity contribution in [2.75, 3.05) is 17.8 Å². The Kier molecular flexibility index (Phi) is 4.42. The Bertz CT molecular complexity index is 551. The van der Waals surface area contributed by atoms with Crippen molar-refractivity contribution in [3.63, 3.8) is 0 Å². The van der Waals surface area contributed by atoms with Gasteiger partial charge in [-0.1, -0.05) is 22.4 Å². The largest absolute Gasteiger partial charge is 0.301 e. The molecule has 0 aromatic heterocycles. The third-order valence-corrected chi connectivity index (χ3v) is 4.86. The summed E-state index contributed by atoms with van der Waals surface area (Å²) in [5.41, 5.74) is -0.645. The fraction of sp³-hybridized carbons (Fsp3) is 0.455. The molecule has 0 radical (unpaired) electrons. The molecule has 1 aromatic carbocycles. The minimum Gasteiger partial charge on any atom is -0.265 e. The maximum absolute atomic E-state index is 13.6. The van der Waals surface area contributed by atoms with Gasteiger partial charge in [-0.15, -0.1) is 0 Å². The fourth-order valence-electron chi connectivity index (χ4n) is 1.94. The first kappa shape index (κ1) is 14.7. The van der Waals surface area contributed by atoms with Crippen LogP contribution in [0.25, 0.3) is 0 Å². The quantitative estimate of drug-likeness (QED) is 0.907. The molecule has 0 bridgehead atoms. The van der Waals surface area contributed by atoms with Crippen LogP contribution in [0.15, 0.2) is 16.6 Å². The van der Waals surface area contributed by atoms with Crippen molar-refractivity contribution in [3.05, 3.63) is 28.2 Å². The van der Waals surface area contributed by atoms with E-state index >= 15 is 0 Å². The van der Waals surface area contributed by atoms with Gasteiger partial charge in [0.05, 0.1) is 0 Å². The molecule has 19 heavy (non-hydrogen) atoms. The number of hydrogen-bond donors (Lipinski definition) is 1. The van der Waals surface area contributed by atoms with Crippen LogP contribution in [0.1, 0.15) is 19.3 Å².